The molecule has 1 aromatic carbocycles. The SMILES string of the molecule is Cc1c(F)cc(N)cc1S(=O)(=O)N1CCC(O)C(C)C1. The molecule has 1 aliphatic heterocycles. The minimum atomic E-state index is -3.79. The smallest absolute Gasteiger partial charge is 0.243 e. The molecule has 112 valence electrons. The number of nitrogens with two attached hydrogens (primary N) is 1. The molecular weight excluding hydrogens is 283 g/mol. The number of hydrogen-bond acceptors (Lipinski definition) is 4. The van der Waals surface area contributed by atoms with Crippen LogP contribution in [-0.2, 0) is 10.0 Å². The fraction of sp³-hybridized carbons (Fsp3) is 0.538. The van der Waals surface area contributed by atoms with Crippen LogP contribution in [0.3, 0.4) is 0 Å². The zero-order valence-corrected chi connectivity index (χ0v) is 12.3. The maximum Gasteiger partial charge on any atom is 0.243 e. The van der Waals surface area contributed by atoms with Gasteiger partial charge in [0.05, 0.1) is 11.0 Å². The van der Waals surface area contributed by atoms with E-state index in [0.717, 1.165) is 6.07 Å². The fourth-order valence-electron chi connectivity index (χ4n) is 2.39. The van der Waals surface area contributed by atoms with Gasteiger partial charge in [-0.05, 0) is 31.4 Å². The number of sulfonamides is 1. The topological polar surface area (TPSA) is 83.6 Å². The average Bonchev–Trinajstić information content (AvgIpc) is 2.36. The van der Waals surface area contributed by atoms with Crippen LogP contribution < -0.4 is 5.73 Å². The van der Waals surface area contributed by atoms with Gasteiger partial charge in [-0.15, -0.1) is 0 Å². The van der Waals surface area contributed by atoms with Crippen molar-refractivity contribution in [1.82, 2.24) is 4.31 Å². The van der Waals surface area contributed by atoms with E-state index in [1.165, 1.54) is 17.3 Å². The number of anilines is 1. The number of benzene rings is 1. The molecule has 20 heavy (non-hydrogen) atoms. The largest absolute Gasteiger partial charge is 0.399 e. The molecule has 0 bridgehead atoms. The number of aliphatic hydroxyl groups is 1. The van der Waals surface area contributed by atoms with E-state index in [0.29, 0.717) is 6.42 Å². The molecule has 2 atom stereocenters. The van der Waals surface area contributed by atoms with Crippen molar-refractivity contribution in [2.45, 2.75) is 31.3 Å². The lowest BCUT2D eigenvalue weighted by Gasteiger charge is -2.33. The van der Waals surface area contributed by atoms with Crippen LogP contribution in [0.25, 0.3) is 0 Å². The van der Waals surface area contributed by atoms with Crippen LogP contribution in [0.5, 0.6) is 0 Å². The molecule has 0 amide bonds. The van der Waals surface area contributed by atoms with Crippen LogP contribution in [0, 0.1) is 18.7 Å². The number of piperidine rings is 1. The summed E-state index contributed by atoms with van der Waals surface area (Å²) in [6.45, 7) is 3.66. The van der Waals surface area contributed by atoms with Crippen LogP contribution in [-0.4, -0.2) is 37.0 Å². The van der Waals surface area contributed by atoms with E-state index in [2.05, 4.69) is 0 Å². The van der Waals surface area contributed by atoms with Gasteiger partial charge in [-0.25, -0.2) is 12.8 Å². The first-order valence-electron chi connectivity index (χ1n) is 6.47. The molecular formula is C13H19FN2O3S. The zero-order chi connectivity index (χ0) is 15.1. The van der Waals surface area contributed by atoms with Crippen molar-refractivity contribution in [3.8, 4) is 0 Å². The van der Waals surface area contributed by atoms with Crippen LogP contribution in [0.4, 0.5) is 10.1 Å². The van der Waals surface area contributed by atoms with Crippen molar-refractivity contribution >= 4 is 15.7 Å². The van der Waals surface area contributed by atoms with E-state index < -0.39 is 21.9 Å². The third kappa shape index (κ3) is 2.65. The maximum absolute atomic E-state index is 13.7. The standard InChI is InChI=1S/C13H19FN2O3S/c1-8-7-16(4-3-12(8)17)20(18,19)13-6-10(15)5-11(14)9(13)2/h5-6,8,12,17H,3-4,7,15H2,1-2H3. The third-order valence-corrected chi connectivity index (χ3v) is 5.75. The second-order valence-corrected chi connectivity index (χ2v) is 7.23. The highest BCUT2D eigenvalue weighted by Crippen LogP contribution is 2.28. The second-order valence-electron chi connectivity index (χ2n) is 5.32. The van der Waals surface area contributed by atoms with Gasteiger partial charge < -0.3 is 10.8 Å². The van der Waals surface area contributed by atoms with Gasteiger partial charge >= 0.3 is 0 Å². The molecule has 1 saturated heterocycles. The first kappa shape index (κ1) is 15.2. The van der Waals surface area contributed by atoms with Gasteiger partial charge in [-0.1, -0.05) is 6.92 Å². The highest BCUT2D eigenvalue weighted by molar-refractivity contribution is 7.89. The fourth-order valence-corrected chi connectivity index (χ4v) is 4.22. The maximum atomic E-state index is 13.7. The molecule has 1 fully saturated rings. The summed E-state index contributed by atoms with van der Waals surface area (Å²) in [5.74, 6) is -0.779. The Bertz CT molecular complexity index is 618. The molecule has 0 aromatic heterocycles. The Labute approximate surface area is 118 Å². The van der Waals surface area contributed by atoms with Crippen molar-refractivity contribution < 1.29 is 17.9 Å². The molecule has 3 N–H and O–H groups in total. The third-order valence-electron chi connectivity index (χ3n) is 3.76. The number of rotatable bonds is 2. The molecule has 2 rings (SSSR count). The van der Waals surface area contributed by atoms with Crippen LogP contribution in [0.15, 0.2) is 17.0 Å². The van der Waals surface area contributed by atoms with Gasteiger partial charge in [-0.3, -0.25) is 0 Å². The van der Waals surface area contributed by atoms with Crippen molar-refractivity contribution in [1.29, 1.82) is 0 Å². The van der Waals surface area contributed by atoms with Crippen LogP contribution >= 0.6 is 0 Å². The van der Waals surface area contributed by atoms with Gasteiger partial charge in [0.2, 0.25) is 10.0 Å². The van der Waals surface area contributed by atoms with Gasteiger partial charge in [-0.2, -0.15) is 4.31 Å². The quantitative estimate of drug-likeness (QED) is 0.802. The number of nitrogens with zero attached hydrogens (tertiary/aromatic N) is 1. The summed E-state index contributed by atoms with van der Waals surface area (Å²) in [7, 11) is -3.79. The van der Waals surface area contributed by atoms with E-state index in [-0.39, 0.29) is 35.2 Å². The summed E-state index contributed by atoms with van der Waals surface area (Å²) in [5.41, 5.74) is 5.69. The van der Waals surface area contributed by atoms with Crippen LogP contribution in [0.1, 0.15) is 18.9 Å². The van der Waals surface area contributed by atoms with Crippen molar-refractivity contribution in [3.63, 3.8) is 0 Å². The summed E-state index contributed by atoms with van der Waals surface area (Å²) in [6, 6.07) is 2.39. The van der Waals surface area contributed by atoms with E-state index in [9.17, 15) is 17.9 Å². The molecule has 0 saturated carbocycles. The minimum Gasteiger partial charge on any atom is -0.399 e. The Morgan fingerprint density at radius 2 is 2.10 bits per heavy atom. The number of nitrogen functional groups attached to an aromatic ring is 1. The van der Waals surface area contributed by atoms with Gasteiger partial charge in [0.25, 0.3) is 0 Å². The Morgan fingerprint density at radius 3 is 2.70 bits per heavy atom. The average molecular weight is 302 g/mol. The van der Waals surface area contributed by atoms with E-state index in [1.807, 2.05) is 0 Å². The molecule has 0 spiro atoms. The number of halogens is 1. The first-order valence-corrected chi connectivity index (χ1v) is 7.91. The van der Waals surface area contributed by atoms with Crippen molar-refractivity contribution in [2.75, 3.05) is 18.8 Å². The van der Waals surface area contributed by atoms with E-state index in [1.54, 1.807) is 6.92 Å². The summed E-state index contributed by atoms with van der Waals surface area (Å²) in [4.78, 5) is -0.0985. The lowest BCUT2D eigenvalue weighted by atomic mass is 9.99. The van der Waals surface area contributed by atoms with Crippen LogP contribution in [0.2, 0.25) is 0 Å². The first-order chi connectivity index (χ1) is 9.23. The summed E-state index contributed by atoms with van der Waals surface area (Å²) >= 11 is 0. The second kappa shape index (κ2) is 5.31. The predicted octanol–water partition coefficient (Wildman–Crippen LogP) is 1.11. The normalized spacial score (nSPS) is 24.8. The molecule has 2 unspecified atom stereocenters. The lowest BCUT2D eigenvalue weighted by Crippen LogP contribution is -2.45. The Balaban J connectivity index is 2.41. The Hall–Kier alpha value is -1.18. The van der Waals surface area contributed by atoms with Gasteiger partial charge in [0, 0.05) is 24.3 Å². The molecule has 5 nitrogen and oxygen atoms in total. The lowest BCUT2D eigenvalue weighted by molar-refractivity contribution is 0.0628. The van der Waals surface area contributed by atoms with Crippen molar-refractivity contribution in [2.24, 2.45) is 5.92 Å². The molecule has 7 heteroatoms. The predicted molar refractivity (Wildman–Crippen MR) is 74.1 cm³/mol. The summed E-state index contributed by atoms with van der Waals surface area (Å²) in [6.07, 6.45) is -0.121. The molecule has 0 radical (unpaired) electrons. The van der Waals surface area contributed by atoms with Crippen molar-refractivity contribution in [3.05, 3.63) is 23.5 Å². The highest BCUT2D eigenvalue weighted by Gasteiger charge is 2.34. The zero-order valence-electron chi connectivity index (χ0n) is 11.5. The Morgan fingerprint density at radius 1 is 1.45 bits per heavy atom. The number of aliphatic hydroxyl groups excluding tert-OH is 1. The Kier molecular flexibility index (Phi) is 4.04. The molecule has 1 heterocycles. The number of hydrogen-bond donors (Lipinski definition) is 2. The van der Waals surface area contributed by atoms with Gasteiger partial charge in [0.1, 0.15) is 5.82 Å². The van der Waals surface area contributed by atoms with E-state index >= 15 is 0 Å². The molecule has 1 aromatic rings. The summed E-state index contributed by atoms with van der Waals surface area (Å²) < 4.78 is 40.1. The molecule has 1 aliphatic rings. The minimum absolute atomic E-state index is 0.0676. The van der Waals surface area contributed by atoms with Gasteiger partial charge in [0.15, 0.2) is 0 Å². The monoisotopic (exact) mass is 302 g/mol. The molecule has 0 aliphatic carbocycles. The van der Waals surface area contributed by atoms with E-state index in [4.69, 9.17) is 5.73 Å². The highest BCUT2D eigenvalue weighted by atomic mass is 32.2. The summed E-state index contributed by atoms with van der Waals surface area (Å²) in [5, 5.41) is 9.67.